The zero-order valence-electron chi connectivity index (χ0n) is 20.3. The number of amides is 2. The zero-order chi connectivity index (χ0) is 25.9. The van der Waals surface area contributed by atoms with E-state index in [4.69, 9.17) is 4.74 Å². The molecule has 3 aromatic carbocycles. The summed E-state index contributed by atoms with van der Waals surface area (Å²) in [7, 11) is 0. The highest BCUT2D eigenvalue weighted by atomic mass is 32.2. The number of benzene rings is 3. The zero-order valence-corrected chi connectivity index (χ0v) is 21.1. The Morgan fingerprint density at radius 1 is 1.00 bits per heavy atom. The molecule has 0 heterocycles. The molecule has 0 aromatic heterocycles. The lowest BCUT2D eigenvalue weighted by Crippen LogP contribution is -2.36. The fraction of sp³-hybridized carbons (Fsp3) is 0.259. The van der Waals surface area contributed by atoms with Gasteiger partial charge in [-0.3, -0.25) is 19.8 Å². The van der Waals surface area contributed by atoms with Gasteiger partial charge >= 0.3 is 12.0 Å². The minimum absolute atomic E-state index is 0.155. The highest BCUT2D eigenvalue weighted by molar-refractivity contribution is 7.99. The van der Waals surface area contributed by atoms with Crippen molar-refractivity contribution in [1.82, 2.24) is 0 Å². The molecule has 0 saturated carbocycles. The number of unbranched alkanes of at least 4 members (excludes halogenated alkanes) is 1. The van der Waals surface area contributed by atoms with Crippen molar-refractivity contribution in [2.24, 2.45) is 0 Å². The molecule has 0 radical (unpaired) electrons. The van der Waals surface area contributed by atoms with E-state index in [1.165, 1.54) is 23.9 Å². The largest absolute Gasteiger partial charge is 0.466 e. The summed E-state index contributed by atoms with van der Waals surface area (Å²) in [4.78, 5) is 39.2. The number of nitrogens with one attached hydrogen (secondary N) is 1. The van der Waals surface area contributed by atoms with E-state index >= 15 is 0 Å². The van der Waals surface area contributed by atoms with Crippen molar-refractivity contribution in [2.75, 3.05) is 23.4 Å². The molecule has 9 heteroatoms. The number of rotatable bonds is 11. The third-order valence-corrected chi connectivity index (χ3v) is 6.26. The van der Waals surface area contributed by atoms with Crippen molar-refractivity contribution >= 4 is 40.8 Å². The minimum Gasteiger partial charge on any atom is -0.466 e. The first-order valence-corrected chi connectivity index (χ1v) is 12.6. The van der Waals surface area contributed by atoms with Gasteiger partial charge in [-0.15, -0.1) is 0 Å². The quantitative estimate of drug-likeness (QED) is 0.176. The lowest BCUT2D eigenvalue weighted by molar-refractivity contribution is -0.383. The number of hydrogen-bond acceptors (Lipinski definition) is 6. The third-order valence-electron chi connectivity index (χ3n) is 5.26. The van der Waals surface area contributed by atoms with Crippen molar-refractivity contribution < 1.29 is 19.2 Å². The summed E-state index contributed by atoms with van der Waals surface area (Å²) in [5.41, 5.74) is 1.58. The second-order valence-corrected chi connectivity index (χ2v) is 9.08. The van der Waals surface area contributed by atoms with Gasteiger partial charge in [0.25, 0.3) is 5.69 Å². The maximum absolute atomic E-state index is 13.2. The van der Waals surface area contributed by atoms with Crippen LogP contribution < -0.4 is 10.2 Å². The van der Waals surface area contributed by atoms with Gasteiger partial charge in [0.1, 0.15) is 5.69 Å². The van der Waals surface area contributed by atoms with Gasteiger partial charge < -0.3 is 10.1 Å². The van der Waals surface area contributed by atoms with E-state index < -0.39 is 11.0 Å². The van der Waals surface area contributed by atoms with Gasteiger partial charge in [0.15, 0.2) is 0 Å². The van der Waals surface area contributed by atoms with Gasteiger partial charge in [0.05, 0.1) is 18.0 Å². The van der Waals surface area contributed by atoms with Crippen LogP contribution in [0.2, 0.25) is 0 Å². The maximum atomic E-state index is 13.2. The predicted molar refractivity (Wildman–Crippen MR) is 142 cm³/mol. The van der Waals surface area contributed by atoms with Crippen LogP contribution in [0, 0.1) is 10.1 Å². The van der Waals surface area contributed by atoms with E-state index in [0.29, 0.717) is 18.8 Å². The molecule has 3 rings (SSSR count). The van der Waals surface area contributed by atoms with Crippen LogP contribution in [0.15, 0.2) is 82.6 Å². The van der Waals surface area contributed by atoms with Crippen molar-refractivity contribution in [1.29, 1.82) is 0 Å². The fourth-order valence-corrected chi connectivity index (χ4v) is 4.36. The predicted octanol–water partition coefficient (Wildman–Crippen LogP) is 6.69. The first-order chi connectivity index (χ1) is 17.4. The molecule has 36 heavy (non-hydrogen) atoms. The summed E-state index contributed by atoms with van der Waals surface area (Å²) in [6.45, 7) is 4.65. The Balaban J connectivity index is 1.76. The van der Waals surface area contributed by atoms with Crippen molar-refractivity contribution in [3.8, 4) is 0 Å². The van der Waals surface area contributed by atoms with Gasteiger partial charge in [-0.1, -0.05) is 55.4 Å². The summed E-state index contributed by atoms with van der Waals surface area (Å²) in [5.74, 6) is -0.253. The van der Waals surface area contributed by atoms with E-state index in [2.05, 4.69) is 5.32 Å². The van der Waals surface area contributed by atoms with E-state index in [9.17, 15) is 19.7 Å². The second kappa shape index (κ2) is 13.3. The molecule has 0 atom stereocenters. The lowest BCUT2D eigenvalue weighted by atomic mass is 10.1. The number of nitro benzene ring substituents is 1. The second-order valence-electron chi connectivity index (χ2n) is 7.93. The molecule has 3 aromatic rings. The Hall–Kier alpha value is -3.85. The smallest absolute Gasteiger partial charge is 0.326 e. The Morgan fingerprint density at radius 3 is 2.44 bits per heavy atom. The van der Waals surface area contributed by atoms with Gasteiger partial charge in [0, 0.05) is 28.1 Å². The number of esters is 1. The molecule has 0 saturated heterocycles. The molecule has 0 spiro atoms. The molecule has 0 aliphatic rings. The van der Waals surface area contributed by atoms with Crippen molar-refractivity contribution in [3.63, 3.8) is 0 Å². The Bertz CT molecular complexity index is 1200. The average Bonchev–Trinajstić information content (AvgIpc) is 2.86. The van der Waals surface area contributed by atoms with Gasteiger partial charge in [-0.2, -0.15) is 0 Å². The van der Waals surface area contributed by atoms with E-state index in [-0.39, 0.29) is 23.8 Å². The highest BCUT2D eigenvalue weighted by Crippen LogP contribution is 2.31. The average molecular weight is 508 g/mol. The molecule has 2 amide bonds. The molecule has 8 nitrogen and oxygen atoms in total. The van der Waals surface area contributed by atoms with Gasteiger partial charge in [0.2, 0.25) is 0 Å². The standard InChI is InChI=1S/C27H29N3O5S/c1-3-5-17-29(27(32)28-24-11-6-7-12-25(24)30(33)34)21-9-8-10-23(19-21)36-22-15-13-20(14-16-22)18-26(31)35-4-2/h6-16,19H,3-5,17-18H2,1-2H3,(H,28,32). The molecule has 0 aliphatic heterocycles. The van der Waals surface area contributed by atoms with Crippen LogP contribution in [0.4, 0.5) is 21.9 Å². The summed E-state index contributed by atoms with van der Waals surface area (Å²) in [6.07, 6.45) is 1.90. The first kappa shape index (κ1) is 26.7. The van der Waals surface area contributed by atoms with E-state index in [1.54, 1.807) is 24.0 Å². The molecular formula is C27H29N3O5S. The number of hydrogen-bond donors (Lipinski definition) is 1. The van der Waals surface area contributed by atoms with Crippen LogP contribution in [0.25, 0.3) is 0 Å². The molecule has 0 fully saturated rings. The van der Waals surface area contributed by atoms with Crippen molar-refractivity contribution in [2.45, 2.75) is 42.9 Å². The number of carbonyl (C=O) groups excluding carboxylic acids is 2. The minimum atomic E-state index is -0.513. The van der Waals surface area contributed by atoms with Crippen LogP contribution in [-0.2, 0) is 16.0 Å². The van der Waals surface area contributed by atoms with E-state index in [1.807, 2.05) is 55.5 Å². The van der Waals surface area contributed by atoms with Crippen molar-refractivity contribution in [3.05, 3.63) is 88.5 Å². The summed E-state index contributed by atoms with van der Waals surface area (Å²) < 4.78 is 5.00. The third kappa shape index (κ3) is 7.58. The molecule has 0 unspecified atom stereocenters. The number of carbonyl (C=O) groups is 2. The maximum Gasteiger partial charge on any atom is 0.326 e. The summed E-state index contributed by atoms with van der Waals surface area (Å²) >= 11 is 1.54. The highest BCUT2D eigenvalue weighted by Gasteiger charge is 2.20. The number of nitrogens with zero attached hydrogens (tertiary/aromatic N) is 2. The van der Waals surface area contributed by atoms with Crippen LogP contribution in [0.3, 0.4) is 0 Å². The number of nitro groups is 1. The monoisotopic (exact) mass is 507 g/mol. The molecule has 1 N–H and O–H groups in total. The summed E-state index contributed by atoms with van der Waals surface area (Å²) in [6, 6.07) is 21.0. The van der Waals surface area contributed by atoms with E-state index in [0.717, 1.165) is 28.2 Å². The Labute approximate surface area is 214 Å². The Morgan fingerprint density at radius 2 is 1.75 bits per heavy atom. The Kier molecular flexibility index (Phi) is 9.88. The molecular weight excluding hydrogens is 478 g/mol. The van der Waals surface area contributed by atoms with Crippen LogP contribution in [0.1, 0.15) is 32.3 Å². The number of ether oxygens (including phenoxy) is 1. The van der Waals surface area contributed by atoms with Gasteiger partial charge in [-0.25, -0.2) is 4.79 Å². The van der Waals surface area contributed by atoms with Crippen LogP contribution in [0.5, 0.6) is 0 Å². The number of urea groups is 1. The normalized spacial score (nSPS) is 10.5. The number of anilines is 2. The lowest BCUT2D eigenvalue weighted by Gasteiger charge is -2.23. The van der Waals surface area contributed by atoms with Gasteiger partial charge in [-0.05, 0) is 55.3 Å². The van der Waals surface area contributed by atoms with Crippen LogP contribution in [-0.4, -0.2) is 30.1 Å². The molecule has 188 valence electrons. The summed E-state index contributed by atoms with van der Waals surface area (Å²) in [5, 5.41) is 14.1. The topological polar surface area (TPSA) is 102 Å². The first-order valence-electron chi connectivity index (χ1n) is 11.8. The van der Waals surface area contributed by atoms with Crippen LogP contribution >= 0.6 is 11.8 Å². The molecule has 0 aliphatic carbocycles. The SMILES string of the molecule is CCCCN(C(=O)Nc1ccccc1[N+](=O)[O-])c1cccc(Sc2ccc(CC(=O)OCC)cc2)c1. The number of para-hydroxylation sites is 2. The molecule has 0 bridgehead atoms. The fourth-order valence-electron chi connectivity index (χ4n) is 3.49.